The highest BCUT2D eigenvalue weighted by atomic mass is 16.3. The Balaban J connectivity index is 1.07. The molecule has 0 radical (unpaired) electrons. The van der Waals surface area contributed by atoms with Gasteiger partial charge in [-0.3, -0.25) is 0 Å². The van der Waals surface area contributed by atoms with Crippen molar-refractivity contribution in [1.29, 1.82) is 0 Å². The molecule has 0 amide bonds. The van der Waals surface area contributed by atoms with E-state index in [1.807, 2.05) is 12.1 Å². The van der Waals surface area contributed by atoms with Gasteiger partial charge in [0.25, 0.3) is 0 Å². The standard InChI is InChI=1S/C51H37NO/c1-51(2)47-20-8-6-16-43(47)46-33-37(26-31-48(46)51)36-24-29-40(30-25-36)52(39-27-22-35(23-28-39)34-12-4-3-5-13-34)41-15-10-14-38(32-41)42-18-11-19-45-44-17-7-9-21-49(44)53-50(42)45/h3-33H,1-2H3. The number of furan rings is 1. The lowest BCUT2D eigenvalue weighted by molar-refractivity contribution is 0.660. The molecule has 0 bridgehead atoms. The minimum atomic E-state index is -0.00462. The van der Waals surface area contributed by atoms with Crippen molar-refractivity contribution in [3.8, 4) is 44.5 Å². The zero-order valence-electron chi connectivity index (χ0n) is 29.8. The van der Waals surface area contributed by atoms with Gasteiger partial charge in [0, 0.05) is 38.8 Å². The van der Waals surface area contributed by atoms with Gasteiger partial charge >= 0.3 is 0 Å². The summed E-state index contributed by atoms with van der Waals surface area (Å²) in [5.74, 6) is 0. The summed E-state index contributed by atoms with van der Waals surface area (Å²) in [6.07, 6.45) is 0. The molecule has 9 aromatic rings. The van der Waals surface area contributed by atoms with Crippen LogP contribution >= 0.6 is 0 Å². The average Bonchev–Trinajstić information content (AvgIpc) is 3.71. The molecule has 2 heteroatoms. The van der Waals surface area contributed by atoms with E-state index in [1.54, 1.807) is 0 Å². The van der Waals surface area contributed by atoms with Crippen LogP contribution in [0.3, 0.4) is 0 Å². The van der Waals surface area contributed by atoms with Crippen LogP contribution in [0.5, 0.6) is 0 Å². The van der Waals surface area contributed by atoms with Crippen molar-refractivity contribution in [2.45, 2.75) is 19.3 Å². The molecule has 0 unspecified atom stereocenters. The third-order valence-corrected chi connectivity index (χ3v) is 11.1. The lowest BCUT2D eigenvalue weighted by Crippen LogP contribution is -2.14. The molecule has 1 aliphatic carbocycles. The summed E-state index contributed by atoms with van der Waals surface area (Å²) in [6, 6.07) is 67.8. The number of nitrogens with zero attached hydrogens (tertiary/aromatic N) is 1. The van der Waals surface area contributed by atoms with Crippen LogP contribution in [0.4, 0.5) is 17.1 Å². The number of para-hydroxylation sites is 2. The molecule has 10 rings (SSSR count). The minimum Gasteiger partial charge on any atom is -0.455 e. The van der Waals surface area contributed by atoms with Crippen molar-refractivity contribution in [2.75, 3.05) is 4.90 Å². The van der Waals surface area contributed by atoms with Crippen LogP contribution in [0.2, 0.25) is 0 Å². The molecule has 1 heterocycles. The molecule has 53 heavy (non-hydrogen) atoms. The Bertz CT molecular complexity index is 2790. The third kappa shape index (κ3) is 5.18. The highest BCUT2D eigenvalue weighted by Crippen LogP contribution is 2.49. The van der Waals surface area contributed by atoms with E-state index < -0.39 is 0 Å². The fraction of sp³-hybridized carbons (Fsp3) is 0.0588. The first-order chi connectivity index (χ1) is 26.0. The average molecular weight is 680 g/mol. The maximum absolute atomic E-state index is 6.46. The molecule has 0 saturated heterocycles. The summed E-state index contributed by atoms with van der Waals surface area (Å²) in [5.41, 5.74) is 17.5. The van der Waals surface area contributed by atoms with Gasteiger partial charge < -0.3 is 9.32 Å². The van der Waals surface area contributed by atoms with E-state index >= 15 is 0 Å². The fourth-order valence-electron chi connectivity index (χ4n) is 8.37. The first-order valence-electron chi connectivity index (χ1n) is 18.3. The monoisotopic (exact) mass is 679 g/mol. The number of anilines is 3. The van der Waals surface area contributed by atoms with Gasteiger partial charge in [0.2, 0.25) is 0 Å². The van der Waals surface area contributed by atoms with Gasteiger partial charge in [-0.2, -0.15) is 0 Å². The molecule has 0 saturated carbocycles. The highest BCUT2D eigenvalue weighted by Gasteiger charge is 2.35. The SMILES string of the molecule is CC1(C)c2ccccc2-c2cc(-c3ccc(N(c4ccc(-c5ccccc5)cc4)c4cccc(-c5cccc6c5oc5ccccc56)c4)cc3)ccc21. The molecule has 1 aliphatic rings. The molecule has 0 fully saturated rings. The van der Waals surface area contributed by atoms with Crippen molar-refractivity contribution >= 4 is 39.0 Å². The Hall–Kier alpha value is -6.64. The zero-order chi connectivity index (χ0) is 35.5. The van der Waals surface area contributed by atoms with Crippen LogP contribution < -0.4 is 4.90 Å². The van der Waals surface area contributed by atoms with Gasteiger partial charge in [0.15, 0.2) is 0 Å². The van der Waals surface area contributed by atoms with Gasteiger partial charge in [-0.05, 0) is 98.6 Å². The molecule has 0 N–H and O–H groups in total. The summed E-state index contributed by atoms with van der Waals surface area (Å²) in [7, 11) is 0. The van der Waals surface area contributed by atoms with Crippen LogP contribution in [0, 0.1) is 0 Å². The van der Waals surface area contributed by atoms with E-state index in [-0.39, 0.29) is 5.41 Å². The van der Waals surface area contributed by atoms with Gasteiger partial charge in [-0.1, -0.05) is 153 Å². The Labute approximate surface area is 310 Å². The summed E-state index contributed by atoms with van der Waals surface area (Å²) in [5, 5.41) is 2.27. The Morgan fingerprint density at radius 2 is 0.943 bits per heavy atom. The topological polar surface area (TPSA) is 16.4 Å². The number of rotatable bonds is 6. The first-order valence-corrected chi connectivity index (χ1v) is 18.3. The van der Waals surface area contributed by atoms with E-state index in [1.165, 1.54) is 44.5 Å². The molecule has 0 aliphatic heterocycles. The highest BCUT2D eigenvalue weighted by molar-refractivity contribution is 6.09. The second-order valence-electron chi connectivity index (χ2n) is 14.6. The first kappa shape index (κ1) is 31.1. The normalized spacial score (nSPS) is 12.9. The maximum Gasteiger partial charge on any atom is 0.143 e. The van der Waals surface area contributed by atoms with Gasteiger partial charge in [0.1, 0.15) is 11.2 Å². The van der Waals surface area contributed by atoms with Crippen molar-refractivity contribution < 1.29 is 4.42 Å². The second kappa shape index (κ2) is 12.3. The fourth-order valence-corrected chi connectivity index (χ4v) is 8.37. The van der Waals surface area contributed by atoms with Crippen molar-refractivity contribution in [2.24, 2.45) is 0 Å². The maximum atomic E-state index is 6.46. The molecular formula is C51H37NO. The van der Waals surface area contributed by atoms with Crippen LogP contribution in [0.15, 0.2) is 192 Å². The van der Waals surface area contributed by atoms with Crippen molar-refractivity contribution in [1.82, 2.24) is 0 Å². The van der Waals surface area contributed by atoms with Gasteiger partial charge in [-0.15, -0.1) is 0 Å². The largest absolute Gasteiger partial charge is 0.455 e. The van der Waals surface area contributed by atoms with Crippen LogP contribution in [-0.4, -0.2) is 0 Å². The summed E-state index contributed by atoms with van der Waals surface area (Å²) in [4.78, 5) is 2.35. The van der Waals surface area contributed by atoms with Crippen molar-refractivity contribution in [3.63, 3.8) is 0 Å². The van der Waals surface area contributed by atoms with Crippen LogP contribution in [0.25, 0.3) is 66.4 Å². The number of hydrogen-bond acceptors (Lipinski definition) is 2. The lowest BCUT2D eigenvalue weighted by Gasteiger charge is -2.26. The number of fused-ring (bicyclic) bond motifs is 6. The van der Waals surface area contributed by atoms with E-state index in [0.717, 1.165) is 50.1 Å². The second-order valence-corrected chi connectivity index (χ2v) is 14.6. The zero-order valence-corrected chi connectivity index (χ0v) is 29.8. The molecule has 8 aromatic carbocycles. The van der Waals surface area contributed by atoms with E-state index in [9.17, 15) is 0 Å². The molecule has 252 valence electrons. The van der Waals surface area contributed by atoms with Crippen LogP contribution in [0.1, 0.15) is 25.0 Å². The predicted octanol–water partition coefficient (Wildman–Crippen LogP) is 14.4. The lowest BCUT2D eigenvalue weighted by atomic mass is 9.82. The van der Waals surface area contributed by atoms with Crippen LogP contribution in [-0.2, 0) is 5.41 Å². The molecule has 2 nitrogen and oxygen atoms in total. The van der Waals surface area contributed by atoms with Crippen molar-refractivity contribution in [3.05, 3.63) is 199 Å². The summed E-state index contributed by atoms with van der Waals surface area (Å²) < 4.78 is 6.46. The Morgan fingerprint density at radius 1 is 0.377 bits per heavy atom. The summed E-state index contributed by atoms with van der Waals surface area (Å²) in [6.45, 7) is 4.67. The van der Waals surface area contributed by atoms with E-state index in [0.29, 0.717) is 0 Å². The quantitative estimate of drug-likeness (QED) is 0.174. The Morgan fingerprint density at radius 3 is 1.74 bits per heavy atom. The smallest absolute Gasteiger partial charge is 0.143 e. The van der Waals surface area contributed by atoms with Gasteiger partial charge in [0.05, 0.1) is 0 Å². The Kier molecular flexibility index (Phi) is 7.19. The number of benzene rings is 8. The van der Waals surface area contributed by atoms with E-state index in [2.05, 4.69) is 195 Å². The molecule has 0 spiro atoms. The minimum absolute atomic E-state index is 0.00462. The molecule has 1 aromatic heterocycles. The molecule has 0 atom stereocenters. The van der Waals surface area contributed by atoms with Gasteiger partial charge in [-0.25, -0.2) is 0 Å². The number of hydrogen-bond donors (Lipinski definition) is 0. The molecular weight excluding hydrogens is 643 g/mol. The predicted molar refractivity (Wildman–Crippen MR) is 222 cm³/mol. The third-order valence-electron chi connectivity index (χ3n) is 11.1. The summed E-state index contributed by atoms with van der Waals surface area (Å²) >= 11 is 0. The van der Waals surface area contributed by atoms with E-state index in [4.69, 9.17) is 4.42 Å².